The van der Waals surface area contributed by atoms with E-state index in [4.69, 9.17) is 15.7 Å². The van der Waals surface area contributed by atoms with Gasteiger partial charge in [-0.1, -0.05) is 12.1 Å². The van der Waals surface area contributed by atoms with Crippen LogP contribution in [0.15, 0.2) is 29.2 Å². The van der Waals surface area contributed by atoms with Gasteiger partial charge >= 0.3 is 0 Å². The summed E-state index contributed by atoms with van der Waals surface area (Å²) in [5.74, 6) is 5.65. The molecule has 0 aliphatic carbocycles. The number of carbonyl (C=O) groups excluding carboxylic acids is 1. The highest BCUT2D eigenvalue weighted by Crippen LogP contribution is 2.26. The molecule has 2 atom stereocenters. The average Bonchev–Trinajstić information content (AvgIpc) is 2.93. The lowest BCUT2D eigenvalue weighted by Crippen LogP contribution is -2.39. The second-order valence-corrected chi connectivity index (χ2v) is 5.54. The van der Waals surface area contributed by atoms with Gasteiger partial charge in [-0.25, -0.2) is 5.84 Å². The van der Waals surface area contributed by atoms with Gasteiger partial charge in [0.05, 0.1) is 12.7 Å². The number of hydrazine groups is 1. The lowest BCUT2D eigenvalue weighted by Gasteiger charge is -2.12. The molecule has 1 aromatic carbocycles. The van der Waals surface area contributed by atoms with Gasteiger partial charge in [0, 0.05) is 10.6 Å². The van der Waals surface area contributed by atoms with E-state index in [-0.39, 0.29) is 18.6 Å². The summed E-state index contributed by atoms with van der Waals surface area (Å²) in [6.07, 6.45) is 1.27. The third-order valence-corrected chi connectivity index (χ3v) is 4.23. The Labute approximate surface area is 116 Å². The van der Waals surface area contributed by atoms with E-state index in [0.29, 0.717) is 0 Å². The number of aliphatic hydroxyl groups excluding tert-OH is 1. The van der Waals surface area contributed by atoms with Crippen LogP contribution in [-0.4, -0.2) is 29.0 Å². The molecule has 104 valence electrons. The maximum atomic E-state index is 11.3. The zero-order valence-electron chi connectivity index (χ0n) is 10.5. The van der Waals surface area contributed by atoms with Crippen LogP contribution in [0.3, 0.4) is 0 Å². The Bertz CT molecular complexity index is 424. The van der Waals surface area contributed by atoms with Crippen LogP contribution in [0.5, 0.6) is 0 Å². The standard InChI is InChI=1S/C13H18N2O3S/c14-15-13(17)12-6-3-10(18-12)8-19-11-4-1-9(7-16)2-5-11/h1-2,4-5,10,12,16H,3,6-8,14H2,(H,15,17). The lowest BCUT2D eigenvalue weighted by atomic mass is 10.2. The van der Waals surface area contributed by atoms with E-state index in [0.717, 1.165) is 29.1 Å². The summed E-state index contributed by atoms with van der Waals surface area (Å²) in [6.45, 7) is 0.0621. The molecule has 0 spiro atoms. The Kier molecular flexibility index (Phi) is 5.21. The molecule has 0 radical (unpaired) electrons. The van der Waals surface area contributed by atoms with Crippen molar-refractivity contribution in [2.75, 3.05) is 5.75 Å². The van der Waals surface area contributed by atoms with Gasteiger partial charge in [0.1, 0.15) is 6.10 Å². The predicted octanol–water partition coefficient (Wildman–Crippen LogP) is 0.808. The second kappa shape index (κ2) is 6.91. The highest BCUT2D eigenvalue weighted by molar-refractivity contribution is 7.99. The summed E-state index contributed by atoms with van der Waals surface area (Å²) in [6, 6.07) is 7.77. The molecule has 1 aliphatic rings. The van der Waals surface area contributed by atoms with Gasteiger partial charge in [-0.15, -0.1) is 11.8 Å². The summed E-state index contributed by atoms with van der Waals surface area (Å²) < 4.78 is 5.63. The van der Waals surface area contributed by atoms with Crippen LogP contribution in [0.4, 0.5) is 0 Å². The molecule has 1 amide bonds. The smallest absolute Gasteiger partial charge is 0.263 e. The summed E-state index contributed by atoms with van der Waals surface area (Å²) in [4.78, 5) is 12.4. The second-order valence-electron chi connectivity index (χ2n) is 4.45. The molecule has 1 fully saturated rings. The molecule has 5 nitrogen and oxygen atoms in total. The zero-order chi connectivity index (χ0) is 13.7. The van der Waals surface area contributed by atoms with Gasteiger partial charge < -0.3 is 9.84 Å². The van der Waals surface area contributed by atoms with Crippen LogP contribution in [0, 0.1) is 0 Å². The zero-order valence-corrected chi connectivity index (χ0v) is 11.4. The fourth-order valence-electron chi connectivity index (χ4n) is 1.99. The van der Waals surface area contributed by atoms with Gasteiger partial charge in [-0.05, 0) is 30.5 Å². The minimum absolute atomic E-state index is 0.0621. The normalized spacial score (nSPS) is 22.4. The highest BCUT2D eigenvalue weighted by atomic mass is 32.2. The van der Waals surface area contributed by atoms with Gasteiger partial charge in [-0.3, -0.25) is 10.2 Å². The number of nitrogens with two attached hydrogens (primary N) is 1. The Morgan fingerprint density at radius 2 is 2.16 bits per heavy atom. The number of aliphatic hydroxyl groups is 1. The maximum Gasteiger partial charge on any atom is 0.263 e. The largest absolute Gasteiger partial charge is 0.392 e. The Morgan fingerprint density at radius 1 is 1.42 bits per heavy atom. The van der Waals surface area contributed by atoms with E-state index in [1.807, 2.05) is 24.3 Å². The first-order valence-corrected chi connectivity index (χ1v) is 7.20. The van der Waals surface area contributed by atoms with Crippen molar-refractivity contribution < 1.29 is 14.6 Å². The molecule has 4 N–H and O–H groups in total. The summed E-state index contributed by atoms with van der Waals surface area (Å²) in [7, 11) is 0. The van der Waals surface area contributed by atoms with E-state index < -0.39 is 6.10 Å². The van der Waals surface area contributed by atoms with E-state index in [9.17, 15) is 4.79 Å². The van der Waals surface area contributed by atoms with Crippen molar-refractivity contribution in [3.8, 4) is 0 Å². The molecule has 19 heavy (non-hydrogen) atoms. The van der Waals surface area contributed by atoms with Crippen molar-refractivity contribution in [3.63, 3.8) is 0 Å². The number of hydrogen-bond donors (Lipinski definition) is 3. The average molecular weight is 282 g/mol. The van der Waals surface area contributed by atoms with Crippen molar-refractivity contribution in [3.05, 3.63) is 29.8 Å². The molecule has 0 bridgehead atoms. The van der Waals surface area contributed by atoms with E-state index >= 15 is 0 Å². The molecule has 0 aromatic heterocycles. The first-order valence-electron chi connectivity index (χ1n) is 6.21. The van der Waals surface area contributed by atoms with Gasteiger partial charge in [0.2, 0.25) is 0 Å². The number of hydrogen-bond acceptors (Lipinski definition) is 5. The Morgan fingerprint density at radius 3 is 2.79 bits per heavy atom. The van der Waals surface area contributed by atoms with Gasteiger partial charge in [0.15, 0.2) is 0 Å². The number of benzene rings is 1. The Hall–Kier alpha value is -1.08. The van der Waals surface area contributed by atoms with Crippen molar-refractivity contribution in [1.82, 2.24) is 5.43 Å². The molecule has 1 aliphatic heterocycles. The molecule has 6 heteroatoms. The molecule has 2 rings (SSSR count). The number of nitrogens with one attached hydrogen (secondary N) is 1. The van der Waals surface area contributed by atoms with Crippen molar-refractivity contribution in [1.29, 1.82) is 0 Å². The lowest BCUT2D eigenvalue weighted by molar-refractivity contribution is -0.131. The summed E-state index contributed by atoms with van der Waals surface area (Å²) in [5.41, 5.74) is 3.02. The molecule has 1 saturated heterocycles. The van der Waals surface area contributed by atoms with Crippen LogP contribution in [0.25, 0.3) is 0 Å². The number of ether oxygens (including phenoxy) is 1. The molecule has 2 unspecified atom stereocenters. The van der Waals surface area contributed by atoms with E-state index in [2.05, 4.69) is 5.43 Å². The Balaban J connectivity index is 1.78. The fourth-order valence-corrected chi connectivity index (χ4v) is 2.95. The fraction of sp³-hybridized carbons (Fsp3) is 0.462. The van der Waals surface area contributed by atoms with Gasteiger partial charge in [-0.2, -0.15) is 0 Å². The van der Waals surface area contributed by atoms with Crippen LogP contribution < -0.4 is 11.3 Å². The third-order valence-electron chi connectivity index (χ3n) is 3.08. The number of carbonyl (C=O) groups is 1. The first-order chi connectivity index (χ1) is 9.22. The van der Waals surface area contributed by atoms with Crippen LogP contribution >= 0.6 is 11.8 Å². The number of rotatable bonds is 5. The predicted molar refractivity (Wildman–Crippen MR) is 73.3 cm³/mol. The van der Waals surface area contributed by atoms with Crippen molar-refractivity contribution in [2.45, 2.75) is 36.6 Å². The number of amides is 1. The monoisotopic (exact) mass is 282 g/mol. The van der Waals surface area contributed by atoms with Crippen LogP contribution in [0.2, 0.25) is 0 Å². The van der Waals surface area contributed by atoms with Crippen LogP contribution in [0.1, 0.15) is 18.4 Å². The first kappa shape index (κ1) is 14.3. The molecule has 1 heterocycles. The molecule has 1 aromatic rings. The van der Waals surface area contributed by atoms with E-state index in [1.165, 1.54) is 0 Å². The molecule has 0 saturated carbocycles. The molecular formula is C13H18N2O3S. The minimum atomic E-state index is -0.410. The quantitative estimate of drug-likeness (QED) is 0.322. The topological polar surface area (TPSA) is 84.6 Å². The molecular weight excluding hydrogens is 264 g/mol. The summed E-state index contributed by atoms with van der Waals surface area (Å²) >= 11 is 1.69. The van der Waals surface area contributed by atoms with Crippen LogP contribution in [-0.2, 0) is 16.1 Å². The maximum absolute atomic E-state index is 11.3. The third kappa shape index (κ3) is 3.94. The SMILES string of the molecule is NNC(=O)C1CCC(CSc2ccc(CO)cc2)O1. The van der Waals surface area contributed by atoms with Crippen molar-refractivity contribution in [2.24, 2.45) is 5.84 Å². The highest BCUT2D eigenvalue weighted by Gasteiger charge is 2.30. The van der Waals surface area contributed by atoms with E-state index in [1.54, 1.807) is 11.8 Å². The minimum Gasteiger partial charge on any atom is -0.392 e. The van der Waals surface area contributed by atoms with Gasteiger partial charge in [0.25, 0.3) is 5.91 Å². The van der Waals surface area contributed by atoms with Crippen molar-refractivity contribution >= 4 is 17.7 Å². The summed E-state index contributed by atoms with van der Waals surface area (Å²) in [5, 5.41) is 8.96. The number of thioether (sulfide) groups is 1.